The molecule has 0 amide bonds. The fourth-order valence-corrected chi connectivity index (χ4v) is 1.97. The maximum absolute atomic E-state index is 10.5. The van der Waals surface area contributed by atoms with Gasteiger partial charge in [-0.2, -0.15) is 0 Å². The summed E-state index contributed by atoms with van der Waals surface area (Å²) in [5.74, 6) is -1.18. The number of unbranched alkanes of at least 4 members (excludes halogenated alkanes) is 4. The number of carboxylic acid groups (broad SMARTS) is 1. The minimum atomic E-state index is -1.18. The van der Waals surface area contributed by atoms with Crippen molar-refractivity contribution in [3.05, 3.63) is 12.7 Å². The van der Waals surface area contributed by atoms with E-state index in [1.54, 1.807) is 0 Å². The lowest BCUT2D eigenvalue weighted by Gasteiger charge is -2.34. The zero-order valence-corrected chi connectivity index (χ0v) is 12.8. The predicted octanol–water partition coefficient (Wildman–Crippen LogP) is -0.00410. The molecule has 0 saturated carbocycles. The molecular formula is C15H29NO5. The van der Waals surface area contributed by atoms with Crippen LogP contribution in [-0.2, 0) is 9.53 Å². The van der Waals surface area contributed by atoms with Crippen LogP contribution in [0.2, 0.25) is 0 Å². The molecule has 21 heavy (non-hydrogen) atoms. The Hall–Kier alpha value is -0.950. The van der Waals surface area contributed by atoms with E-state index in [1.165, 1.54) is 0 Å². The molecule has 0 radical (unpaired) electrons. The molecule has 2 N–H and O–H groups in total. The van der Waals surface area contributed by atoms with Crippen molar-refractivity contribution in [3.63, 3.8) is 0 Å². The molecule has 0 aromatic heterocycles. The highest BCUT2D eigenvalue weighted by Crippen LogP contribution is 2.07. The van der Waals surface area contributed by atoms with Crippen LogP contribution in [0.4, 0.5) is 0 Å². The first-order valence-corrected chi connectivity index (χ1v) is 7.55. The van der Waals surface area contributed by atoms with E-state index in [9.17, 15) is 20.1 Å². The molecule has 0 aromatic carbocycles. The Balaban J connectivity index is 3.73. The van der Waals surface area contributed by atoms with Crippen LogP contribution in [-0.4, -0.2) is 60.4 Å². The Morgan fingerprint density at radius 3 is 2.33 bits per heavy atom. The number of hydrogen-bond acceptors (Lipinski definition) is 5. The van der Waals surface area contributed by atoms with Gasteiger partial charge in [0.05, 0.1) is 13.2 Å². The summed E-state index contributed by atoms with van der Waals surface area (Å²) in [6.45, 7) is 4.61. The van der Waals surface area contributed by atoms with Gasteiger partial charge in [0.25, 0.3) is 0 Å². The second-order valence-corrected chi connectivity index (χ2v) is 5.30. The fraction of sp³-hybridized carbons (Fsp3) is 0.800. The van der Waals surface area contributed by atoms with Gasteiger partial charge < -0.3 is 24.9 Å². The Morgan fingerprint density at radius 2 is 1.76 bits per heavy atom. The highest BCUT2D eigenvalue weighted by molar-refractivity contribution is 5.64. The van der Waals surface area contributed by atoms with Gasteiger partial charge in [-0.05, 0) is 19.3 Å². The van der Waals surface area contributed by atoms with Gasteiger partial charge in [0.1, 0.15) is 6.54 Å². The van der Waals surface area contributed by atoms with Crippen LogP contribution in [0.3, 0.4) is 0 Å². The Kier molecular flexibility index (Phi) is 12.2. The van der Waals surface area contributed by atoms with Crippen LogP contribution in [0.5, 0.6) is 0 Å². The molecule has 0 saturated heterocycles. The van der Waals surface area contributed by atoms with E-state index in [0.717, 1.165) is 32.1 Å². The highest BCUT2D eigenvalue weighted by atomic mass is 16.5. The average Bonchev–Trinajstić information content (AvgIpc) is 2.49. The minimum Gasteiger partial charge on any atom is -0.550 e. The second kappa shape index (κ2) is 12.8. The van der Waals surface area contributed by atoms with Gasteiger partial charge in [-0.3, -0.25) is 4.48 Å². The molecule has 6 nitrogen and oxygen atoms in total. The molecule has 6 heteroatoms. The molecule has 0 aliphatic heterocycles. The van der Waals surface area contributed by atoms with Crippen LogP contribution >= 0.6 is 0 Å². The van der Waals surface area contributed by atoms with E-state index < -0.39 is 5.97 Å². The molecule has 0 aliphatic rings. The molecule has 0 fully saturated rings. The van der Waals surface area contributed by atoms with Gasteiger partial charge in [0.15, 0.2) is 13.5 Å². The monoisotopic (exact) mass is 303 g/mol. The van der Waals surface area contributed by atoms with Gasteiger partial charge in [0, 0.05) is 19.0 Å². The van der Waals surface area contributed by atoms with E-state index in [1.807, 2.05) is 6.08 Å². The summed E-state index contributed by atoms with van der Waals surface area (Å²) >= 11 is 0. The average molecular weight is 303 g/mol. The summed E-state index contributed by atoms with van der Waals surface area (Å²) in [5, 5.41) is 29.2. The summed E-state index contributed by atoms with van der Waals surface area (Å²) in [6.07, 6.45) is 7.18. The highest BCUT2D eigenvalue weighted by Gasteiger charge is 2.24. The van der Waals surface area contributed by atoms with Crippen molar-refractivity contribution in [2.24, 2.45) is 0 Å². The van der Waals surface area contributed by atoms with Crippen molar-refractivity contribution in [1.29, 1.82) is 0 Å². The maximum Gasteiger partial charge on any atom is 0.182 e. The number of ether oxygens (including phenoxy) is 1. The first-order valence-electron chi connectivity index (χ1n) is 7.55. The van der Waals surface area contributed by atoms with E-state index in [4.69, 9.17) is 4.74 Å². The van der Waals surface area contributed by atoms with Crippen molar-refractivity contribution < 1.29 is 29.3 Å². The second-order valence-electron chi connectivity index (χ2n) is 5.30. The van der Waals surface area contributed by atoms with Gasteiger partial charge in [-0.25, -0.2) is 0 Å². The number of aliphatic hydroxyl groups is 2. The summed E-state index contributed by atoms with van der Waals surface area (Å²) < 4.78 is 5.40. The van der Waals surface area contributed by atoms with Crippen LogP contribution < -0.4 is 5.11 Å². The Bertz CT molecular complexity index is 279. The number of rotatable bonds is 15. The molecule has 0 atom stereocenters. The number of carboxylic acids is 1. The number of carbonyl (C=O) groups is 1. The Labute approximate surface area is 127 Å². The first kappa shape index (κ1) is 20.1. The number of nitrogens with zero attached hydrogens (tertiary/aromatic N) is 1. The van der Waals surface area contributed by atoms with Crippen molar-refractivity contribution >= 4 is 5.97 Å². The number of quaternary nitrogens is 1. The topological polar surface area (TPSA) is 89.8 Å². The zero-order valence-electron chi connectivity index (χ0n) is 12.8. The normalized spacial score (nSPS) is 11.5. The quantitative estimate of drug-likeness (QED) is 0.192. The van der Waals surface area contributed by atoms with Gasteiger partial charge in [-0.15, -0.1) is 6.58 Å². The molecule has 0 rings (SSSR count). The lowest BCUT2D eigenvalue weighted by molar-refractivity contribution is -0.961. The van der Waals surface area contributed by atoms with Crippen LogP contribution in [0, 0.1) is 0 Å². The van der Waals surface area contributed by atoms with E-state index in [-0.39, 0.29) is 30.9 Å². The van der Waals surface area contributed by atoms with Crippen molar-refractivity contribution in [3.8, 4) is 0 Å². The van der Waals surface area contributed by atoms with Gasteiger partial charge in [-0.1, -0.05) is 18.9 Å². The number of allylic oxidation sites excluding steroid dienone is 1. The van der Waals surface area contributed by atoms with Crippen molar-refractivity contribution in [2.75, 3.05) is 39.8 Å². The molecule has 0 bridgehead atoms. The number of aliphatic carboxylic acids is 1. The number of hydrogen-bond donors (Lipinski definition) is 2. The standard InChI is InChI=1S/C15H29NO5/c1-2-3-4-5-6-7-11-21-12-10-16(13-17,14-18)9-8-15(19)20/h2,17-18H,1,3-14H2. The third-order valence-electron chi connectivity index (χ3n) is 3.55. The van der Waals surface area contributed by atoms with Crippen molar-refractivity contribution in [2.45, 2.75) is 38.5 Å². The SMILES string of the molecule is C=CCCCCCCOCC[N+](CO)(CO)CCC(=O)[O-]. The zero-order chi connectivity index (χ0) is 16.0. The molecule has 124 valence electrons. The van der Waals surface area contributed by atoms with Crippen molar-refractivity contribution in [1.82, 2.24) is 0 Å². The summed E-state index contributed by atoms with van der Waals surface area (Å²) in [6, 6.07) is 0. The smallest absolute Gasteiger partial charge is 0.182 e. The summed E-state index contributed by atoms with van der Waals surface area (Å²) in [5.41, 5.74) is 0. The fourth-order valence-electron chi connectivity index (χ4n) is 1.97. The van der Waals surface area contributed by atoms with Crippen LogP contribution in [0.25, 0.3) is 0 Å². The maximum atomic E-state index is 10.5. The summed E-state index contributed by atoms with van der Waals surface area (Å²) in [4.78, 5) is 10.5. The van der Waals surface area contributed by atoms with Gasteiger partial charge in [0.2, 0.25) is 0 Å². The molecule has 0 unspecified atom stereocenters. The molecule has 0 spiro atoms. The van der Waals surface area contributed by atoms with Gasteiger partial charge >= 0.3 is 0 Å². The van der Waals surface area contributed by atoms with Crippen LogP contribution in [0.15, 0.2) is 12.7 Å². The van der Waals surface area contributed by atoms with E-state index in [2.05, 4.69) is 6.58 Å². The minimum absolute atomic E-state index is 0.0900. The molecular weight excluding hydrogens is 274 g/mol. The molecule has 0 aliphatic carbocycles. The first-order chi connectivity index (χ1) is 10.1. The van der Waals surface area contributed by atoms with Crippen LogP contribution in [0.1, 0.15) is 38.5 Å². The largest absolute Gasteiger partial charge is 0.550 e. The lowest BCUT2D eigenvalue weighted by Crippen LogP contribution is -2.53. The lowest BCUT2D eigenvalue weighted by atomic mass is 10.1. The summed E-state index contributed by atoms with van der Waals surface area (Å²) in [7, 11) is 0. The van der Waals surface area contributed by atoms with E-state index >= 15 is 0 Å². The number of aliphatic hydroxyl groups excluding tert-OH is 2. The number of carbonyl (C=O) groups excluding carboxylic acids is 1. The third kappa shape index (κ3) is 10.4. The van der Waals surface area contributed by atoms with E-state index in [0.29, 0.717) is 19.8 Å². The third-order valence-corrected chi connectivity index (χ3v) is 3.55. The molecule has 0 heterocycles. The Morgan fingerprint density at radius 1 is 1.10 bits per heavy atom. The molecule has 0 aromatic rings. The predicted molar refractivity (Wildman–Crippen MR) is 77.9 cm³/mol.